The van der Waals surface area contributed by atoms with Crippen LogP contribution in [0.5, 0.6) is 0 Å². The van der Waals surface area contributed by atoms with Gasteiger partial charge in [0, 0.05) is 12.8 Å². The fraction of sp³-hybridized carbons (Fsp3) is 0.780. The quantitative estimate of drug-likeness (QED) is 0.0167. The molecule has 5 atom stereocenters. The van der Waals surface area contributed by atoms with Gasteiger partial charge in [-0.05, 0) is 51.4 Å². The van der Waals surface area contributed by atoms with Gasteiger partial charge in [0.1, 0.15) is 12.6 Å². The van der Waals surface area contributed by atoms with Crippen molar-refractivity contribution in [2.24, 2.45) is 5.73 Å². The molecule has 1 unspecified atom stereocenters. The van der Waals surface area contributed by atoms with Gasteiger partial charge in [-0.1, -0.05) is 191 Å². The maximum Gasteiger partial charge on any atom is 0.472 e. The van der Waals surface area contributed by atoms with Crippen LogP contribution in [-0.4, -0.2) is 82.3 Å². The summed E-state index contributed by atoms with van der Waals surface area (Å²) in [7, 11) is -4.80. The van der Waals surface area contributed by atoms with Crippen LogP contribution in [0.3, 0.4) is 0 Å². The van der Waals surface area contributed by atoms with E-state index >= 15 is 0 Å². The first-order valence-corrected chi connectivity index (χ1v) is 26.3. The van der Waals surface area contributed by atoms with E-state index in [1.54, 1.807) is 6.08 Å². The van der Waals surface area contributed by atoms with Crippen LogP contribution in [0.15, 0.2) is 48.6 Å². The molecule has 0 radical (unpaired) electrons. The molecule has 0 aliphatic rings. The highest BCUT2D eigenvalue weighted by Crippen LogP contribution is 2.43. The Hall–Kier alpha value is -2.64. The third-order valence-corrected chi connectivity index (χ3v) is 11.7. The molecule has 372 valence electrons. The number of ether oxygens (including phenoxy) is 2. The van der Waals surface area contributed by atoms with Gasteiger partial charge >= 0.3 is 25.7 Å². The van der Waals surface area contributed by atoms with Gasteiger partial charge in [0.2, 0.25) is 0 Å². The molecule has 0 aliphatic heterocycles. The van der Waals surface area contributed by atoms with Crippen LogP contribution >= 0.6 is 7.82 Å². The largest absolute Gasteiger partial charge is 0.480 e. The van der Waals surface area contributed by atoms with Gasteiger partial charge in [0.25, 0.3) is 0 Å². The first kappa shape index (κ1) is 61.4. The summed E-state index contributed by atoms with van der Waals surface area (Å²) in [5.74, 6) is -2.70. The molecule has 0 fully saturated rings. The Morgan fingerprint density at radius 1 is 0.547 bits per heavy atom. The summed E-state index contributed by atoms with van der Waals surface area (Å²) in [6.45, 7) is 2.42. The summed E-state index contributed by atoms with van der Waals surface area (Å²) in [6.07, 6.45) is 43.5. The third kappa shape index (κ3) is 42.0. The van der Waals surface area contributed by atoms with Crippen molar-refractivity contribution in [2.45, 2.75) is 231 Å². The second-order valence-electron chi connectivity index (χ2n) is 16.9. The van der Waals surface area contributed by atoms with Crippen LogP contribution in [-0.2, 0) is 37.5 Å². The summed E-state index contributed by atoms with van der Waals surface area (Å²) in [5, 5.41) is 29.7. The lowest BCUT2D eigenvalue weighted by molar-refractivity contribution is -0.161. The minimum atomic E-state index is -4.80. The van der Waals surface area contributed by atoms with E-state index in [1.807, 2.05) is 12.2 Å². The van der Waals surface area contributed by atoms with Crippen molar-refractivity contribution in [1.82, 2.24) is 0 Å². The number of hydrogen-bond donors (Lipinski definition) is 5. The number of esters is 2. The predicted octanol–water partition coefficient (Wildman–Crippen LogP) is 11.7. The molecule has 0 aromatic rings. The van der Waals surface area contributed by atoms with Crippen LogP contribution in [0.25, 0.3) is 0 Å². The molecule has 0 saturated heterocycles. The number of carbonyl (C=O) groups excluding carboxylic acids is 2. The van der Waals surface area contributed by atoms with Crippen molar-refractivity contribution in [3.8, 4) is 0 Å². The molecule has 0 aliphatic carbocycles. The molecular weight excluding hydrogens is 838 g/mol. The van der Waals surface area contributed by atoms with Crippen molar-refractivity contribution in [3.05, 3.63) is 48.6 Å². The van der Waals surface area contributed by atoms with E-state index in [0.29, 0.717) is 12.8 Å². The second-order valence-corrected chi connectivity index (χ2v) is 18.3. The lowest BCUT2D eigenvalue weighted by Crippen LogP contribution is -2.34. The summed E-state index contributed by atoms with van der Waals surface area (Å²) < 4.78 is 32.6. The van der Waals surface area contributed by atoms with Crippen molar-refractivity contribution < 1.29 is 57.7 Å². The number of aliphatic hydroxyl groups excluding tert-OH is 2. The lowest BCUT2D eigenvalue weighted by Gasteiger charge is -2.20. The Kier molecular flexibility index (Phi) is 42.4. The van der Waals surface area contributed by atoms with Crippen LogP contribution in [0.4, 0.5) is 0 Å². The standard InChI is InChI=1S/C50H90NO12P/c1-3-5-7-9-11-13-15-17-18-19-20-21-22-23-24-25-27-29-31-33-35-39-48(54)60-41-44(42-61-64(58,59)62-43-45(51)50(56)57)63-49(55)40-36-38-47(53)46(52)37-34-32-30-28-26-16-14-12-10-8-6-4-2/h6,8,12,14,26,28,32,34,44-47,52-53H,3-5,7,9-11,13,15-25,27,29-31,33,35-43,51H2,1-2H3,(H,56,57)(H,58,59)/b8-6-,14-12-,28-26-,34-32-/t44-,45+,46-,47-/m1/s1. The monoisotopic (exact) mass is 928 g/mol. The smallest absolute Gasteiger partial charge is 0.472 e. The molecular formula is C50H90NO12P. The van der Waals surface area contributed by atoms with Gasteiger partial charge in [0.15, 0.2) is 6.10 Å². The first-order chi connectivity index (χ1) is 30.9. The molecule has 64 heavy (non-hydrogen) atoms. The average molecular weight is 928 g/mol. The molecule has 0 amide bonds. The summed E-state index contributed by atoms with van der Waals surface area (Å²) in [6, 6.07) is -1.57. The van der Waals surface area contributed by atoms with E-state index in [9.17, 15) is 34.1 Å². The molecule has 0 aromatic heterocycles. The zero-order valence-electron chi connectivity index (χ0n) is 39.8. The van der Waals surface area contributed by atoms with Gasteiger partial charge in [-0.2, -0.15) is 0 Å². The van der Waals surface area contributed by atoms with Crippen molar-refractivity contribution >= 4 is 25.7 Å². The first-order valence-electron chi connectivity index (χ1n) is 24.8. The van der Waals surface area contributed by atoms with Gasteiger partial charge in [-0.3, -0.25) is 23.4 Å². The number of phosphoric acid groups is 1. The van der Waals surface area contributed by atoms with Crippen molar-refractivity contribution in [1.29, 1.82) is 0 Å². The molecule has 6 N–H and O–H groups in total. The number of carbonyl (C=O) groups is 3. The number of unbranched alkanes of at least 4 members (excludes halogenated alkanes) is 20. The van der Waals surface area contributed by atoms with Crippen LogP contribution < -0.4 is 5.73 Å². The van der Waals surface area contributed by atoms with E-state index < -0.39 is 69.9 Å². The van der Waals surface area contributed by atoms with Gasteiger partial charge in [-0.25, -0.2) is 4.57 Å². The maximum absolute atomic E-state index is 12.7. The zero-order valence-corrected chi connectivity index (χ0v) is 40.7. The number of aliphatic hydroxyl groups is 2. The van der Waals surface area contributed by atoms with Crippen LogP contribution in [0.2, 0.25) is 0 Å². The van der Waals surface area contributed by atoms with E-state index in [1.165, 1.54) is 109 Å². The predicted molar refractivity (Wildman–Crippen MR) is 257 cm³/mol. The number of hydrogen-bond acceptors (Lipinski definition) is 11. The second kappa shape index (κ2) is 44.2. The van der Waals surface area contributed by atoms with Crippen molar-refractivity contribution in [2.75, 3.05) is 19.8 Å². The Morgan fingerprint density at radius 3 is 1.44 bits per heavy atom. The number of carboxylic acid groups (broad SMARTS) is 1. The number of rotatable bonds is 46. The fourth-order valence-corrected chi connectivity index (χ4v) is 7.58. The molecule has 0 heterocycles. The number of phosphoric ester groups is 1. The number of aliphatic carboxylic acids is 1. The molecule has 13 nitrogen and oxygen atoms in total. The third-order valence-electron chi connectivity index (χ3n) is 10.8. The SMILES string of the molecule is CC/C=C\C/C=C\C/C=C\C/C=C\C[C@@H](O)[C@H](O)CCCC(=O)O[C@H](COC(=O)CCCCCCCCCCCCCCCCCCCCCCC)COP(=O)(O)OC[C@H](N)C(=O)O. The minimum absolute atomic E-state index is 0.114. The highest BCUT2D eigenvalue weighted by atomic mass is 31.2. The average Bonchev–Trinajstić information content (AvgIpc) is 3.27. The summed E-state index contributed by atoms with van der Waals surface area (Å²) >= 11 is 0. The molecule has 0 rings (SSSR count). The molecule has 0 bridgehead atoms. The Bertz CT molecular complexity index is 1310. The zero-order chi connectivity index (χ0) is 47.4. The van der Waals surface area contributed by atoms with E-state index in [0.717, 1.165) is 38.5 Å². The summed E-state index contributed by atoms with van der Waals surface area (Å²) in [4.78, 5) is 46.2. The maximum atomic E-state index is 12.7. The number of carboxylic acids is 1. The Morgan fingerprint density at radius 2 is 0.969 bits per heavy atom. The fourth-order valence-electron chi connectivity index (χ4n) is 6.80. The van der Waals surface area contributed by atoms with Gasteiger partial charge in [0.05, 0.1) is 25.4 Å². The molecule has 0 aromatic carbocycles. The van der Waals surface area contributed by atoms with E-state index in [2.05, 4.69) is 48.8 Å². The highest BCUT2D eigenvalue weighted by Gasteiger charge is 2.28. The Balaban J connectivity index is 4.45. The minimum Gasteiger partial charge on any atom is -0.480 e. The molecule has 14 heteroatoms. The molecule has 0 spiro atoms. The van der Waals surface area contributed by atoms with Crippen molar-refractivity contribution in [3.63, 3.8) is 0 Å². The van der Waals surface area contributed by atoms with Crippen LogP contribution in [0, 0.1) is 0 Å². The lowest BCUT2D eigenvalue weighted by atomic mass is 10.0. The normalized spacial score (nSPS) is 15.0. The van der Waals surface area contributed by atoms with E-state index in [4.69, 9.17) is 24.8 Å². The number of nitrogens with two attached hydrogens (primary N) is 1. The van der Waals surface area contributed by atoms with Crippen LogP contribution in [0.1, 0.15) is 206 Å². The summed E-state index contributed by atoms with van der Waals surface area (Å²) in [5.41, 5.74) is 5.33. The van der Waals surface area contributed by atoms with Gasteiger partial charge < -0.3 is 35.4 Å². The van der Waals surface area contributed by atoms with Gasteiger partial charge in [-0.15, -0.1) is 0 Å². The van der Waals surface area contributed by atoms with E-state index in [-0.39, 0.29) is 32.1 Å². The number of allylic oxidation sites excluding steroid dienone is 7. The molecule has 0 saturated carbocycles. The highest BCUT2D eigenvalue weighted by molar-refractivity contribution is 7.47. The Labute approximate surface area is 387 Å². The topological polar surface area (TPSA) is 212 Å².